The molecule has 1 saturated carbocycles. The molecule has 2 N–H and O–H groups in total. The Morgan fingerprint density at radius 2 is 2.00 bits per heavy atom. The SMILES string of the molecule is COc1cccc(CC(=O)NC(c2ccc(OC)c(F)c2)C2CC(O)C2)c1. The average molecular weight is 373 g/mol. The molecule has 2 aromatic carbocycles. The van der Waals surface area contributed by atoms with E-state index in [4.69, 9.17) is 9.47 Å². The molecule has 0 radical (unpaired) electrons. The highest BCUT2D eigenvalue weighted by molar-refractivity contribution is 5.79. The standard InChI is InChI=1S/C21H24FNO4/c1-26-17-5-3-4-13(8-17)9-20(25)23-21(15-10-16(24)11-15)14-6-7-19(27-2)18(22)12-14/h3-8,12,15-16,21,24H,9-11H2,1-2H3,(H,23,25). The van der Waals surface area contributed by atoms with Crippen LogP contribution in [0.4, 0.5) is 4.39 Å². The average Bonchev–Trinajstić information content (AvgIpc) is 2.64. The lowest BCUT2D eigenvalue weighted by atomic mass is 9.75. The lowest BCUT2D eigenvalue weighted by Crippen LogP contribution is -2.41. The maximum absolute atomic E-state index is 14.1. The Morgan fingerprint density at radius 1 is 1.22 bits per heavy atom. The van der Waals surface area contributed by atoms with Gasteiger partial charge in [-0.2, -0.15) is 0 Å². The second kappa shape index (κ2) is 8.39. The van der Waals surface area contributed by atoms with Gasteiger partial charge in [-0.1, -0.05) is 18.2 Å². The molecule has 0 aliphatic heterocycles. The van der Waals surface area contributed by atoms with Crippen molar-refractivity contribution in [1.29, 1.82) is 0 Å². The number of aliphatic hydroxyl groups is 1. The van der Waals surface area contributed by atoms with E-state index in [-0.39, 0.29) is 36.1 Å². The second-order valence-corrected chi connectivity index (χ2v) is 6.85. The molecule has 1 atom stereocenters. The largest absolute Gasteiger partial charge is 0.497 e. The minimum atomic E-state index is -0.470. The molecule has 6 heteroatoms. The predicted octanol–water partition coefficient (Wildman–Crippen LogP) is 3.01. The number of halogens is 1. The van der Waals surface area contributed by atoms with Crippen LogP contribution in [-0.2, 0) is 11.2 Å². The summed E-state index contributed by atoms with van der Waals surface area (Å²) in [6.45, 7) is 0. The van der Waals surface area contributed by atoms with Crippen molar-refractivity contribution in [3.05, 3.63) is 59.4 Å². The number of methoxy groups -OCH3 is 2. The van der Waals surface area contributed by atoms with Gasteiger partial charge < -0.3 is 19.9 Å². The fourth-order valence-electron chi connectivity index (χ4n) is 3.44. The van der Waals surface area contributed by atoms with Crippen LogP contribution in [0.2, 0.25) is 0 Å². The van der Waals surface area contributed by atoms with Crippen LogP contribution in [0.15, 0.2) is 42.5 Å². The van der Waals surface area contributed by atoms with Gasteiger partial charge in [-0.05, 0) is 54.2 Å². The van der Waals surface area contributed by atoms with Crippen molar-refractivity contribution in [3.63, 3.8) is 0 Å². The topological polar surface area (TPSA) is 67.8 Å². The van der Waals surface area contributed by atoms with E-state index >= 15 is 0 Å². The number of benzene rings is 2. The third-order valence-corrected chi connectivity index (χ3v) is 4.97. The summed E-state index contributed by atoms with van der Waals surface area (Å²) >= 11 is 0. The van der Waals surface area contributed by atoms with Crippen molar-refractivity contribution in [3.8, 4) is 11.5 Å². The molecule has 0 bridgehead atoms. The van der Waals surface area contributed by atoms with Gasteiger partial charge in [-0.3, -0.25) is 4.79 Å². The first-order valence-corrected chi connectivity index (χ1v) is 8.94. The molecule has 1 amide bonds. The molecule has 0 saturated heterocycles. The molecular formula is C21H24FNO4. The molecule has 1 aliphatic rings. The van der Waals surface area contributed by atoms with Gasteiger partial charge >= 0.3 is 0 Å². The third kappa shape index (κ3) is 4.57. The first-order chi connectivity index (χ1) is 13.0. The van der Waals surface area contributed by atoms with Gasteiger partial charge in [0.05, 0.1) is 32.8 Å². The number of aliphatic hydroxyl groups excluding tert-OH is 1. The van der Waals surface area contributed by atoms with Crippen molar-refractivity contribution >= 4 is 5.91 Å². The quantitative estimate of drug-likeness (QED) is 0.783. The van der Waals surface area contributed by atoms with Crippen molar-refractivity contribution in [1.82, 2.24) is 5.32 Å². The summed E-state index contributed by atoms with van der Waals surface area (Å²) in [5, 5.41) is 12.7. The van der Waals surface area contributed by atoms with Crippen molar-refractivity contribution in [2.24, 2.45) is 5.92 Å². The highest BCUT2D eigenvalue weighted by atomic mass is 19.1. The highest BCUT2D eigenvalue weighted by Crippen LogP contribution is 2.39. The third-order valence-electron chi connectivity index (χ3n) is 4.97. The smallest absolute Gasteiger partial charge is 0.224 e. The van der Waals surface area contributed by atoms with Gasteiger partial charge in [0.25, 0.3) is 0 Å². The number of hydrogen-bond acceptors (Lipinski definition) is 4. The van der Waals surface area contributed by atoms with E-state index in [1.807, 2.05) is 24.3 Å². The van der Waals surface area contributed by atoms with E-state index in [1.165, 1.54) is 13.2 Å². The van der Waals surface area contributed by atoms with Crippen molar-refractivity contribution in [2.75, 3.05) is 14.2 Å². The van der Waals surface area contributed by atoms with Crippen LogP contribution < -0.4 is 14.8 Å². The molecule has 0 aromatic heterocycles. The monoisotopic (exact) mass is 373 g/mol. The highest BCUT2D eigenvalue weighted by Gasteiger charge is 2.36. The summed E-state index contributed by atoms with van der Waals surface area (Å²) in [4.78, 5) is 12.6. The Bertz CT molecular complexity index is 805. The molecular weight excluding hydrogens is 349 g/mol. The summed E-state index contributed by atoms with van der Waals surface area (Å²) in [5.74, 6) is 0.292. The zero-order valence-corrected chi connectivity index (χ0v) is 15.4. The van der Waals surface area contributed by atoms with Gasteiger partial charge in [0.15, 0.2) is 11.6 Å². The normalized spacial score (nSPS) is 19.7. The minimum Gasteiger partial charge on any atom is -0.497 e. The van der Waals surface area contributed by atoms with Crippen LogP contribution >= 0.6 is 0 Å². The second-order valence-electron chi connectivity index (χ2n) is 6.85. The molecule has 27 heavy (non-hydrogen) atoms. The van der Waals surface area contributed by atoms with Gasteiger partial charge in [-0.25, -0.2) is 4.39 Å². The predicted molar refractivity (Wildman–Crippen MR) is 99.3 cm³/mol. The summed E-state index contributed by atoms with van der Waals surface area (Å²) in [5.41, 5.74) is 1.50. The summed E-state index contributed by atoms with van der Waals surface area (Å²) in [6.07, 6.45) is 0.993. The van der Waals surface area contributed by atoms with Crippen LogP contribution in [0.1, 0.15) is 30.0 Å². The van der Waals surface area contributed by atoms with Gasteiger partial charge in [-0.15, -0.1) is 0 Å². The maximum Gasteiger partial charge on any atom is 0.224 e. The first kappa shape index (κ1) is 19.2. The molecule has 1 aliphatic carbocycles. The van der Waals surface area contributed by atoms with E-state index < -0.39 is 5.82 Å². The van der Waals surface area contributed by atoms with Crippen LogP contribution in [0.25, 0.3) is 0 Å². The van der Waals surface area contributed by atoms with Crippen LogP contribution in [0.5, 0.6) is 11.5 Å². The number of hydrogen-bond donors (Lipinski definition) is 2. The van der Waals surface area contributed by atoms with E-state index in [2.05, 4.69) is 5.32 Å². The minimum absolute atomic E-state index is 0.0713. The van der Waals surface area contributed by atoms with E-state index in [9.17, 15) is 14.3 Å². The number of carbonyl (C=O) groups is 1. The zero-order chi connectivity index (χ0) is 19.4. The van der Waals surface area contributed by atoms with E-state index in [1.54, 1.807) is 19.2 Å². The molecule has 0 heterocycles. The Kier molecular flexibility index (Phi) is 5.96. The molecule has 3 rings (SSSR count). The first-order valence-electron chi connectivity index (χ1n) is 8.94. The van der Waals surface area contributed by atoms with Gasteiger partial charge in [0.1, 0.15) is 5.75 Å². The molecule has 1 fully saturated rings. The Hall–Kier alpha value is -2.60. The molecule has 0 spiro atoms. The summed E-state index contributed by atoms with van der Waals surface area (Å²) in [7, 11) is 2.99. The number of rotatable bonds is 7. The number of amides is 1. The molecule has 5 nitrogen and oxygen atoms in total. The Balaban J connectivity index is 1.75. The summed E-state index contributed by atoms with van der Waals surface area (Å²) in [6, 6.07) is 11.7. The zero-order valence-electron chi connectivity index (χ0n) is 15.4. The number of carbonyl (C=O) groups excluding carboxylic acids is 1. The fraction of sp³-hybridized carbons (Fsp3) is 0.381. The molecule has 1 unspecified atom stereocenters. The van der Waals surface area contributed by atoms with E-state index in [0.29, 0.717) is 24.2 Å². The lowest BCUT2D eigenvalue weighted by Gasteiger charge is -2.38. The van der Waals surface area contributed by atoms with Gasteiger partial charge in [0, 0.05) is 0 Å². The summed E-state index contributed by atoms with van der Waals surface area (Å²) < 4.78 is 24.3. The van der Waals surface area contributed by atoms with E-state index in [0.717, 1.165) is 5.56 Å². The van der Waals surface area contributed by atoms with Crippen LogP contribution in [0, 0.1) is 11.7 Å². The molecule has 2 aromatic rings. The number of ether oxygens (including phenoxy) is 2. The van der Waals surface area contributed by atoms with Gasteiger partial charge in [0.2, 0.25) is 5.91 Å². The van der Waals surface area contributed by atoms with Crippen molar-refractivity contribution in [2.45, 2.75) is 31.4 Å². The Labute approximate surface area is 158 Å². The van der Waals surface area contributed by atoms with Crippen molar-refractivity contribution < 1.29 is 23.8 Å². The molecule has 144 valence electrons. The number of nitrogens with one attached hydrogen (secondary N) is 1. The van der Waals surface area contributed by atoms with Crippen LogP contribution in [-0.4, -0.2) is 31.3 Å². The maximum atomic E-state index is 14.1. The van der Waals surface area contributed by atoms with Crippen LogP contribution in [0.3, 0.4) is 0 Å². The lowest BCUT2D eigenvalue weighted by molar-refractivity contribution is -0.122. The Morgan fingerprint density at radius 3 is 2.63 bits per heavy atom. The fourth-order valence-corrected chi connectivity index (χ4v) is 3.44.